The number of carbonyl (C=O) groups excluding carboxylic acids is 2. The highest BCUT2D eigenvalue weighted by Crippen LogP contribution is 2.13. The minimum Gasteiger partial charge on any atom is -0.463 e. The van der Waals surface area contributed by atoms with E-state index in [2.05, 4.69) is 13.8 Å². The van der Waals surface area contributed by atoms with Gasteiger partial charge >= 0.3 is 11.9 Å². The van der Waals surface area contributed by atoms with Crippen molar-refractivity contribution in [1.82, 2.24) is 0 Å². The predicted octanol–water partition coefficient (Wildman–Crippen LogP) is 7.64. The molecule has 0 bridgehead atoms. The van der Waals surface area contributed by atoms with Crippen molar-refractivity contribution in [2.45, 2.75) is 136 Å². The van der Waals surface area contributed by atoms with Crippen LogP contribution in [-0.4, -0.2) is 118 Å². The summed E-state index contributed by atoms with van der Waals surface area (Å²) in [6.45, 7) is 11.5. The molecule has 298 valence electrons. The van der Waals surface area contributed by atoms with Gasteiger partial charge in [-0.15, -0.1) is 0 Å². The first kappa shape index (κ1) is 48.7. The molecule has 0 aromatic carbocycles. The van der Waals surface area contributed by atoms with Crippen LogP contribution in [-0.2, 0) is 52.2 Å². The van der Waals surface area contributed by atoms with Crippen LogP contribution >= 0.6 is 0 Å². The van der Waals surface area contributed by atoms with E-state index < -0.39 is 0 Å². The third-order valence-electron chi connectivity index (χ3n) is 7.93. The van der Waals surface area contributed by atoms with Crippen molar-refractivity contribution in [1.29, 1.82) is 0 Å². The van der Waals surface area contributed by atoms with E-state index in [1.165, 1.54) is 70.6 Å². The number of hydrogen-bond acceptors (Lipinski definition) is 11. The monoisotopic (exact) mass is 721 g/mol. The van der Waals surface area contributed by atoms with E-state index in [9.17, 15) is 9.59 Å². The van der Waals surface area contributed by atoms with Gasteiger partial charge in [-0.3, -0.25) is 9.59 Å². The Balaban J connectivity index is 3.16. The van der Waals surface area contributed by atoms with Crippen LogP contribution in [0.4, 0.5) is 0 Å². The minimum atomic E-state index is -0.152. The lowest BCUT2D eigenvalue weighted by molar-refractivity contribution is -0.146. The maximum absolute atomic E-state index is 11.9. The van der Waals surface area contributed by atoms with E-state index in [1.807, 2.05) is 0 Å². The Morgan fingerprint density at radius 2 is 0.480 bits per heavy atom. The van der Waals surface area contributed by atoms with Crippen LogP contribution in [0.25, 0.3) is 0 Å². The van der Waals surface area contributed by atoms with Crippen molar-refractivity contribution in [2.24, 2.45) is 0 Å². The van der Waals surface area contributed by atoms with Crippen LogP contribution in [0.5, 0.6) is 0 Å². The summed E-state index contributed by atoms with van der Waals surface area (Å²) in [7, 11) is 0. The second-order valence-corrected chi connectivity index (χ2v) is 12.5. The lowest BCUT2D eigenvalue weighted by Gasteiger charge is -2.09. The molecule has 0 saturated heterocycles. The molecule has 0 N–H and O–H groups in total. The minimum absolute atomic E-state index is 0.133. The van der Waals surface area contributed by atoms with Crippen LogP contribution in [0.1, 0.15) is 136 Å². The number of hydrogen-bond donors (Lipinski definition) is 0. The second-order valence-electron chi connectivity index (χ2n) is 12.5. The Bertz CT molecular complexity index is 680. The van der Waals surface area contributed by atoms with Crippen LogP contribution in [0.2, 0.25) is 0 Å². The fourth-order valence-corrected chi connectivity index (χ4v) is 4.98. The van der Waals surface area contributed by atoms with Gasteiger partial charge in [-0.1, -0.05) is 110 Å². The van der Waals surface area contributed by atoms with Crippen molar-refractivity contribution < 1.29 is 52.2 Å². The highest BCUT2D eigenvalue weighted by atomic mass is 16.6. The fourth-order valence-electron chi connectivity index (χ4n) is 4.98. The van der Waals surface area contributed by atoms with E-state index in [-0.39, 0.29) is 25.2 Å². The van der Waals surface area contributed by atoms with Crippen LogP contribution in [0.3, 0.4) is 0 Å². The summed E-state index contributed by atoms with van der Waals surface area (Å²) in [6.07, 6.45) is 22.1. The van der Waals surface area contributed by atoms with Gasteiger partial charge in [0.25, 0.3) is 0 Å². The molecule has 0 aromatic heterocycles. The van der Waals surface area contributed by atoms with E-state index in [0.29, 0.717) is 105 Å². The van der Waals surface area contributed by atoms with Gasteiger partial charge in [0.2, 0.25) is 0 Å². The van der Waals surface area contributed by atoms with Crippen LogP contribution < -0.4 is 0 Å². The summed E-state index contributed by atoms with van der Waals surface area (Å²) in [6, 6.07) is 0. The molecule has 0 aliphatic rings. The molecule has 0 amide bonds. The van der Waals surface area contributed by atoms with Gasteiger partial charge in [0.1, 0.15) is 13.2 Å². The molecule has 0 radical (unpaired) electrons. The Morgan fingerprint density at radius 1 is 0.280 bits per heavy atom. The Labute approximate surface area is 305 Å². The summed E-state index contributed by atoms with van der Waals surface area (Å²) < 4.78 is 48.6. The maximum Gasteiger partial charge on any atom is 0.305 e. The zero-order chi connectivity index (χ0) is 36.3. The topological polar surface area (TPSA) is 117 Å². The number of esters is 2. The molecular weight excluding hydrogens is 644 g/mol. The SMILES string of the molecule is CCCCCCCCCCCCCCCC(=O)OCCOCCOCCOCCOCCOCCOCCOCCOC(=O)CCCCCC. The molecule has 0 atom stereocenters. The third-order valence-corrected chi connectivity index (χ3v) is 7.93. The first-order valence-corrected chi connectivity index (χ1v) is 20.1. The zero-order valence-corrected chi connectivity index (χ0v) is 32.2. The molecule has 11 heteroatoms. The lowest BCUT2D eigenvalue weighted by Crippen LogP contribution is -2.15. The van der Waals surface area contributed by atoms with Crippen molar-refractivity contribution in [3.8, 4) is 0 Å². The molecule has 0 aliphatic carbocycles. The highest BCUT2D eigenvalue weighted by Gasteiger charge is 2.04. The third kappa shape index (κ3) is 42.8. The quantitative estimate of drug-likeness (QED) is 0.0457. The molecule has 0 aromatic rings. The van der Waals surface area contributed by atoms with Crippen molar-refractivity contribution in [3.05, 3.63) is 0 Å². The van der Waals surface area contributed by atoms with Crippen molar-refractivity contribution >= 4 is 11.9 Å². The number of ether oxygens (including phenoxy) is 9. The van der Waals surface area contributed by atoms with Crippen molar-refractivity contribution in [3.63, 3.8) is 0 Å². The summed E-state index contributed by atoms with van der Waals surface area (Å²) in [5, 5.41) is 0. The largest absolute Gasteiger partial charge is 0.463 e. The van der Waals surface area contributed by atoms with Crippen LogP contribution in [0, 0.1) is 0 Å². The molecule has 11 nitrogen and oxygen atoms in total. The molecule has 0 unspecified atom stereocenters. The highest BCUT2D eigenvalue weighted by molar-refractivity contribution is 5.69. The molecule has 0 rings (SSSR count). The first-order valence-electron chi connectivity index (χ1n) is 20.1. The molecular formula is C39H76O11. The normalized spacial score (nSPS) is 11.3. The number of rotatable bonds is 43. The zero-order valence-electron chi connectivity index (χ0n) is 32.2. The molecule has 0 saturated carbocycles. The van der Waals surface area contributed by atoms with Gasteiger partial charge in [-0.25, -0.2) is 0 Å². The summed E-state index contributed by atoms with van der Waals surface area (Å²) in [4.78, 5) is 23.4. The fraction of sp³-hybridized carbons (Fsp3) is 0.949. The van der Waals surface area contributed by atoms with Gasteiger partial charge in [-0.2, -0.15) is 0 Å². The molecule has 0 aliphatic heterocycles. The number of unbranched alkanes of at least 4 members (excludes halogenated alkanes) is 15. The van der Waals surface area contributed by atoms with E-state index in [0.717, 1.165) is 38.5 Å². The van der Waals surface area contributed by atoms with Crippen LogP contribution in [0.15, 0.2) is 0 Å². The average Bonchev–Trinajstić information content (AvgIpc) is 3.12. The van der Waals surface area contributed by atoms with Crippen molar-refractivity contribution in [2.75, 3.05) is 106 Å². The van der Waals surface area contributed by atoms with E-state index >= 15 is 0 Å². The smallest absolute Gasteiger partial charge is 0.305 e. The lowest BCUT2D eigenvalue weighted by atomic mass is 10.0. The summed E-state index contributed by atoms with van der Waals surface area (Å²) in [5.41, 5.74) is 0. The molecule has 0 fully saturated rings. The Kier molecular flexibility index (Phi) is 42.6. The second kappa shape index (κ2) is 43.8. The van der Waals surface area contributed by atoms with Gasteiger partial charge in [0, 0.05) is 12.8 Å². The van der Waals surface area contributed by atoms with E-state index in [4.69, 9.17) is 42.6 Å². The van der Waals surface area contributed by atoms with Gasteiger partial charge in [-0.05, 0) is 12.8 Å². The molecule has 0 heterocycles. The predicted molar refractivity (Wildman–Crippen MR) is 197 cm³/mol. The van der Waals surface area contributed by atoms with Gasteiger partial charge < -0.3 is 42.6 Å². The van der Waals surface area contributed by atoms with Gasteiger partial charge in [0.15, 0.2) is 0 Å². The van der Waals surface area contributed by atoms with E-state index in [1.54, 1.807) is 0 Å². The first-order chi connectivity index (χ1) is 24.7. The Morgan fingerprint density at radius 3 is 0.740 bits per heavy atom. The maximum atomic E-state index is 11.9. The standard InChI is InChI=1S/C39H76O11/c1-3-5-7-9-10-11-12-13-14-15-16-17-19-21-39(41)50-37-35-48-33-31-46-29-27-44-25-23-42-22-24-43-26-28-45-30-32-47-34-36-49-38(40)20-18-8-6-4-2/h3-37H2,1-2H3. The summed E-state index contributed by atoms with van der Waals surface area (Å²) >= 11 is 0. The number of carbonyl (C=O) groups is 2. The summed E-state index contributed by atoms with van der Waals surface area (Å²) in [5.74, 6) is -0.285. The molecule has 50 heavy (non-hydrogen) atoms. The molecule has 0 spiro atoms. The van der Waals surface area contributed by atoms with Gasteiger partial charge in [0.05, 0.1) is 92.5 Å². The average molecular weight is 721 g/mol. The Hall–Kier alpha value is -1.34.